The van der Waals surface area contributed by atoms with E-state index in [1.165, 1.54) is 13.2 Å². The molecule has 0 bridgehead atoms. The molecular formula is C22H22ClFN4O2. The van der Waals surface area contributed by atoms with E-state index in [9.17, 15) is 9.18 Å². The summed E-state index contributed by atoms with van der Waals surface area (Å²) in [5.74, 6) is 0.309. The lowest BCUT2D eigenvalue weighted by Crippen LogP contribution is -2.28. The molecule has 6 nitrogen and oxygen atoms in total. The van der Waals surface area contributed by atoms with E-state index in [-0.39, 0.29) is 29.7 Å². The van der Waals surface area contributed by atoms with Gasteiger partial charge in [-0.1, -0.05) is 18.2 Å². The molecule has 2 aromatic carbocycles. The Morgan fingerprint density at radius 1 is 1.17 bits per heavy atom. The number of H-pyrrole nitrogens is 1. The van der Waals surface area contributed by atoms with Crippen molar-refractivity contribution in [1.29, 1.82) is 0 Å². The fourth-order valence-electron chi connectivity index (χ4n) is 4.34. The second-order valence-electron chi connectivity index (χ2n) is 7.36. The second kappa shape index (κ2) is 8.08. The number of halogens is 2. The molecule has 1 fully saturated rings. The number of nitrogens with zero attached hydrogens (tertiary/aromatic N) is 2. The van der Waals surface area contributed by atoms with Crippen LogP contribution in [0.3, 0.4) is 0 Å². The maximum Gasteiger partial charge on any atom is 0.251 e. The summed E-state index contributed by atoms with van der Waals surface area (Å²) >= 11 is 0. The normalized spacial score (nSPS) is 14.7. The summed E-state index contributed by atoms with van der Waals surface area (Å²) in [6.45, 7) is 1.83. The zero-order valence-electron chi connectivity index (χ0n) is 16.4. The number of piperidine rings is 1. The summed E-state index contributed by atoms with van der Waals surface area (Å²) < 4.78 is 22.1. The minimum atomic E-state index is -0.381. The van der Waals surface area contributed by atoms with Gasteiger partial charge in [-0.05, 0) is 44.1 Å². The predicted octanol–water partition coefficient (Wildman–Crippen LogP) is 3.88. The lowest BCUT2D eigenvalue weighted by atomic mass is 9.94. The van der Waals surface area contributed by atoms with Crippen LogP contribution in [-0.2, 0) is 0 Å². The van der Waals surface area contributed by atoms with Crippen LogP contribution < -0.4 is 15.6 Å². The molecule has 0 unspecified atom stereocenters. The van der Waals surface area contributed by atoms with Gasteiger partial charge in [0.15, 0.2) is 0 Å². The van der Waals surface area contributed by atoms with Gasteiger partial charge >= 0.3 is 0 Å². The minimum absolute atomic E-state index is 0. The average Bonchev–Trinajstić information content (AvgIpc) is 3.12. The van der Waals surface area contributed by atoms with Crippen LogP contribution in [0.2, 0.25) is 0 Å². The van der Waals surface area contributed by atoms with Crippen LogP contribution in [0.4, 0.5) is 4.39 Å². The molecule has 0 aliphatic carbocycles. The summed E-state index contributed by atoms with van der Waals surface area (Å²) in [6, 6.07) is 11.9. The molecule has 1 aliphatic heterocycles. The Balaban J connectivity index is 0.00000218. The first kappa shape index (κ1) is 20.4. The Bertz CT molecular complexity index is 1280. The third-order valence-corrected chi connectivity index (χ3v) is 5.69. The molecule has 3 heterocycles. The first-order chi connectivity index (χ1) is 14.2. The topological polar surface area (TPSA) is 71.4 Å². The molecule has 8 heteroatoms. The maximum atomic E-state index is 14.8. The summed E-state index contributed by atoms with van der Waals surface area (Å²) in [7, 11) is 1.52. The van der Waals surface area contributed by atoms with E-state index >= 15 is 0 Å². The highest BCUT2D eigenvalue weighted by Gasteiger charge is 2.23. The molecule has 5 rings (SSSR count). The van der Waals surface area contributed by atoms with Gasteiger partial charge in [0.25, 0.3) is 5.56 Å². The zero-order valence-corrected chi connectivity index (χ0v) is 17.3. The van der Waals surface area contributed by atoms with Crippen molar-refractivity contribution in [2.45, 2.75) is 18.8 Å². The second-order valence-corrected chi connectivity index (χ2v) is 7.36. The Kier molecular flexibility index (Phi) is 5.49. The van der Waals surface area contributed by atoms with Gasteiger partial charge in [0, 0.05) is 17.5 Å². The molecule has 4 aromatic rings. The molecule has 0 amide bonds. The highest BCUT2D eigenvalue weighted by Crippen LogP contribution is 2.38. The van der Waals surface area contributed by atoms with Crippen molar-refractivity contribution in [3.05, 3.63) is 64.3 Å². The fraction of sp³-hybridized carbons (Fsp3) is 0.273. The lowest BCUT2D eigenvalue weighted by Gasteiger charge is -2.23. The van der Waals surface area contributed by atoms with Crippen LogP contribution in [0.1, 0.15) is 24.5 Å². The molecule has 1 aliphatic rings. The Morgan fingerprint density at radius 3 is 2.70 bits per heavy atom. The van der Waals surface area contributed by atoms with Crippen molar-refractivity contribution in [2.75, 3.05) is 20.2 Å². The number of methoxy groups -OCH3 is 1. The molecular weight excluding hydrogens is 407 g/mol. The summed E-state index contributed by atoms with van der Waals surface area (Å²) in [5, 5.41) is 8.83. The van der Waals surface area contributed by atoms with Crippen LogP contribution in [0.25, 0.3) is 27.7 Å². The number of benzene rings is 2. The smallest absolute Gasteiger partial charge is 0.251 e. The van der Waals surface area contributed by atoms with Crippen molar-refractivity contribution in [2.24, 2.45) is 0 Å². The molecule has 156 valence electrons. The van der Waals surface area contributed by atoms with Gasteiger partial charge in [0.2, 0.25) is 0 Å². The van der Waals surface area contributed by atoms with Crippen LogP contribution in [0, 0.1) is 5.82 Å². The number of aromatic nitrogens is 3. The number of nitrogens with one attached hydrogen (secondary N) is 2. The summed E-state index contributed by atoms with van der Waals surface area (Å²) in [4.78, 5) is 15.4. The fourth-order valence-corrected chi connectivity index (χ4v) is 4.34. The van der Waals surface area contributed by atoms with Crippen LogP contribution >= 0.6 is 12.4 Å². The van der Waals surface area contributed by atoms with Crippen LogP contribution in [0.15, 0.2) is 47.3 Å². The van der Waals surface area contributed by atoms with Crippen LogP contribution in [0.5, 0.6) is 5.75 Å². The first-order valence-corrected chi connectivity index (χ1v) is 9.75. The third kappa shape index (κ3) is 3.24. The molecule has 0 atom stereocenters. The largest absolute Gasteiger partial charge is 0.496 e. The molecule has 1 saturated heterocycles. The zero-order chi connectivity index (χ0) is 20.0. The van der Waals surface area contributed by atoms with E-state index in [1.54, 1.807) is 18.2 Å². The van der Waals surface area contributed by atoms with Gasteiger partial charge < -0.3 is 15.0 Å². The van der Waals surface area contributed by atoms with Crippen molar-refractivity contribution < 1.29 is 9.13 Å². The Morgan fingerprint density at radius 2 is 1.93 bits per heavy atom. The van der Waals surface area contributed by atoms with Crippen molar-refractivity contribution >= 4 is 29.0 Å². The third-order valence-electron chi connectivity index (χ3n) is 5.69. The summed E-state index contributed by atoms with van der Waals surface area (Å²) in [6.07, 6.45) is 1.89. The van der Waals surface area contributed by atoms with Gasteiger partial charge in [-0.3, -0.25) is 4.79 Å². The van der Waals surface area contributed by atoms with Gasteiger partial charge in [-0.25, -0.2) is 8.91 Å². The van der Waals surface area contributed by atoms with Crippen molar-refractivity contribution in [3.8, 4) is 16.9 Å². The van der Waals surface area contributed by atoms with Crippen LogP contribution in [-0.4, -0.2) is 34.8 Å². The monoisotopic (exact) mass is 428 g/mol. The number of hydrogen-bond acceptors (Lipinski definition) is 4. The number of fused-ring (bicyclic) bond motifs is 3. The van der Waals surface area contributed by atoms with E-state index in [2.05, 4.69) is 10.3 Å². The molecule has 0 saturated carbocycles. The van der Waals surface area contributed by atoms with Crippen molar-refractivity contribution in [3.63, 3.8) is 0 Å². The van der Waals surface area contributed by atoms with E-state index in [0.29, 0.717) is 33.4 Å². The molecule has 30 heavy (non-hydrogen) atoms. The Hall–Kier alpha value is -2.90. The highest BCUT2D eigenvalue weighted by molar-refractivity contribution is 6.05. The molecule has 0 spiro atoms. The number of hydrogen-bond donors (Lipinski definition) is 2. The van der Waals surface area contributed by atoms with Gasteiger partial charge in [0.05, 0.1) is 29.3 Å². The first-order valence-electron chi connectivity index (χ1n) is 9.75. The number of ether oxygens (including phenoxy) is 1. The quantitative estimate of drug-likeness (QED) is 0.519. The van der Waals surface area contributed by atoms with Gasteiger partial charge in [-0.2, -0.15) is 5.10 Å². The molecule has 0 radical (unpaired) electrons. The lowest BCUT2D eigenvalue weighted by molar-refractivity contribution is 0.413. The van der Waals surface area contributed by atoms with Gasteiger partial charge in [0.1, 0.15) is 17.2 Å². The molecule has 2 N–H and O–H groups in total. The number of aromatic amines is 1. The maximum absolute atomic E-state index is 14.8. The van der Waals surface area contributed by atoms with Crippen molar-refractivity contribution in [1.82, 2.24) is 19.9 Å². The van der Waals surface area contributed by atoms with E-state index < -0.39 is 0 Å². The molecule has 2 aromatic heterocycles. The van der Waals surface area contributed by atoms with Gasteiger partial charge in [-0.15, -0.1) is 12.4 Å². The SMILES string of the molecule is COc1cccc(F)c1-c1cccc2nn3c(C4CCNCC4)cc(=O)[nH]c3c12.Cl. The number of rotatable bonds is 3. The summed E-state index contributed by atoms with van der Waals surface area (Å²) in [5.41, 5.74) is 3.01. The van der Waals surface area contributed by atoms with E-state index in [1.807, 2.05) is 22.7 Å². The minimum Gasteiger partial charge on any atom is -0.496 e. The average molecular weight is 429 g/mol. The Labute approximate surface area is 178 Å². The van der Waals surface area contributed by atoms with E-state index in [0.717, 1.165) is 31.6 Å². The predicted molar refractivity (Wildman–Crippen MR) is 117 cm³/mol. The highest BCUT2D eigenvalue weighted by atomic mass is 35.5. The van der Waals surface area contributed by atoms with E-state index in [4.69, 9.17) is 9.84 Å². The standard InChI is InChI=1S/C22H21FN4O2.ClH/c1-29-18-7-3-5-15(23)20(18)14-4-2-6-16-21(14)22-25-19(28)12-17(27(22)26-16)13-8-10-24-11-9-13;/h2-7,12-13,24H,8-11H2,1H3,(H,25,28);1H.